The van der Waals surface area contributed by atoms with Gasteiger partial charge < -0.3 is 10.2 Å². The molecule has 0 unspecified atom stereocenters. The highest BCUT2D eigenvalue weighted by molar-refractivity contribution is 5.57. The van der Waals surface area contributed by atoms with Gasteiger partial charge in [-0.15, -0.1) is 0 Å². The van der Waals surface area contributed by atoms with Crippen molar-refractivity contribution >= 4 is 11.4 Å². The number of hydrogen-bond acceptors (Lipinski definition) is 2. The fraction of sp³-hybridized carbons (Fsp3) is 0.250. The monoisotopic (exact) mass is 240 g/mol. The first-order valence-electron chi connectivity index (χ1n) is 6.23. The van der Waals surface area contributed by atoms with E-state index < -0.39 is 0 Å². The van der Waals surface area contributed by atoms with Gasteiger partial charge in [-0.05, 0) is 30.7 Å². The number of nitrogens with zero attached hydrogens (tertiary/aromatic N) is 1. The normalized spacial score (nSPS) is 10.2. The Labute approximate surface area is 109 Å². The van der Waals surface area contributed by atoms with Crippen molar-refractivity contribution in [3.8, 4) is 0 Å². The van der Waals surface area contributed by atoms with Crippen LogP contribution in [-0.4, -0.2) is 14.1 Å². The van der Waals surface area contributed by atoms with Gasteiger partial charge in [-0.25, -0.2) is 0 Å². The molecule has 2 nitrogen and oxygen atoms in total. The molecule has 2 rings (SSSR count). The first-order valence-corrected chi connectivity index (χ1v) is 6.23. The Hall–Kier alpha value is -1.96. The molecule has 2 aromatic rings. The van der Waals surface area contributed by atoms with Crippen molar-refractivity contribution in [1.82, 2.24) is 0 Å². The van der Waals surface area contributed by atoms with Gasteiger partial charge in [0.2, 0.25) is 0 Å². The zero-order chi connectivity index (χ0) is 13.0. The molecule has 2 heteroatoms. The van der Waals surface area contributed by atoms with Crippen LogP contribution in [-0.2, 0) is 6.54 Å². The molecule has 18 heavy (non-hydrogen) atoms. The third-order valence-corrected chi connectivity index (χ3v) is 3.12. The predicted molar refractivity (Wildman–Crippen MR) is 79.3 cm³/mol. The SMILES string of the molecule is CNc1cccc(N(C)Cc2ccc(C)cc2)c1. The molecule has 0 aromatic heterocycles. The Morgan fingerprint density at radius 2 is 1.78 bits per heavy atom. The lowest BCUT2D eigenvalue weighted by Gasteiger charge is -2.20. The second-order valence-corrected chi connectivity index (χ2v) is 4.64. The van der Waals surface area contributed by atoms with E-state index in [1.165, 1.54) is 16.8 Å². The van der Waals surface area contributed by atoms with Crippen LogP contribution in [0, 0.1) is 6.92 Å². The van der Waals surface area contributed by atoms with Crippen LogP contribution in [0.3, 0.4) is 0 Å². The summed E-state index contributed by atoms with van der Waals surface area (Å²) in [6.45, 7) is 3.04. The molecule has 0 spiro atoms. The number of hydrogen-bond donors (Lipinski definition) is 1. The molecule has 0 amide bonds. The van der Waals surface area contributed by atoms with E-state index in [0.29, 0.717) is 0 Å². The molecule has 94 valence electrons. The molecule has 0 fully saturated rings. The first-order chi connectivity index (χ1) is 8.69. The van der Waals surface area contributed by atoms with Gasteiger partial charge in [-0.3, -0.25) is 0 Å². The van der Waals surface area contributed by atoms with E-state index >= 15 is 0 Å². The Morgan fingerprint density at radius 1 is 1.06 bits per heavy atom. The molecule has 0 aliphatic rings. The van der Waals surface area contributed by atoms with E-state index in [9.17, 15) is 0 Å². The fourth-order valence-electron chi connectivity index (χ4n) is 1.96. The lowest BCUT2D eigenvalue weighted by molar-refractivity contribution is 0.922. The molecule has 0 aliphatic heterocycles. The number of aryl methyl sites for hydroxylation is 1. The van der Waals surface area contributed by atoms with Gasteiger partial charge >= 0.3 is 0 Å². The minimum atomic E-state index is 0.924. The maximum absolute atomic E-state index is 3.17. The predicted octanol–water partition coefficient (Wildman–Crippen LogP) is 3.67. The van der Waals surface area contributed by atoms with Crippen molar-refractivity contribution in [2.45, 2.75) is 13.5 Å². The van der Waals surface area contributed by atoms with Crippen molar-refractivity contribution in [3.05, 3.63) is 59.7 Å². The van der Waals surface area contributed by atoms with Gasteiger partial charge in [-0.2, -0.15) is 0 Å². The lowest BCUT2D eigenvalue weighted by atomic mass is 10.1. The molecular weight excluding hydrogens is 220 g/mol. The summed E-state index contributed by atoms with van der Waals surface area (Å²) in [5.41, 5.74) is 5.00. The van der Waals surface area contributed by atoms with Crippen molar-refractivity contribution in [2.75, 3.05) is 24.3 Å². The summed E-state index contributed by atoms with van der Waals surface area (Å²) < 4.78 is 0. The quantitative estimate of drug-likeness (QED) is 0.877. The average Bonchev–Trinajstić information content (AvgIpc) is 2.41. The Kier molecular flexibility index (Phi) is 3.88. The summed E-state index contributed by atoms with van der Waals surface area (Å²) in [5, 5.41) is 3.17. The van der Waals surface area contributed by atoms with Crippen molar-refractivity contribution in [3.63, 3.8) is 0 Å². The van der Waals surface area contributed by atoms with Gasteiger partial charge in [0.05, 0.1) is 0 Å². The highest BCUT2D eigenvalue weighted by Gasteiger charge is 2.02. The van der Waals surface area contributed by atoms with Crippen molar-refractivity contribution in [1.29, 1.82) is 0 Å². The molecule has 1 N–H and O–H groups in total. The summed E-state index contributed by atoms with van der Waals surface area (Å²) in [6, 6.07) is 17.1. The molecule has 0 saturated heterocycles. The summed E-state index contributed by atoms with van der Waals surface area (Å²) >= 11 is 0. The van der Waals surface area contributed by atoms with Crippen LogP contribution in [0.1, 0.15) is 11.1 Å². The average molecular weight is 240 g/mol. The van der Waals surface area contributed by atoms with Gasteiger partial charge in [0.15, 0.2) is 0 Å². The second kappa shape index (κ2) is 5.58. The van der Waals surface area contributed by atoms with Gasteiger partial charge in [0.1, 0.15) is 0 Å². The second-order valence-electron chi connectivity index (χ2n) is 4.64. The minimum absolute atomic E-state index is 0.924. The fourth-order valence-corrected chi connectivity index (χ4v) is 1.96. The molecule has 2 aromatic carbocycles. The minimum Gasteiger partial charge on any atom is -0.388 e. The Balaban J connectivity index is 2.11. The van der Waals surface area contributed by atoms with Gasteiger partial charge in [0.25, 0.3) is 0 Å². The highest BCUT2D eigenvalue weighted by Crippen LogP contribution is 2.19. The Morgan fingerprint density at radius 3 is 2.44 bits per heavy atom. The van der Waals surface area contributed by atoms with E-state index in [2.05, 4.69) is 72.7 Å². The molecular formula is C16H20N2. The number of benzene rings is 2. The van der Waals surface area contributed by atoms with E-state index in [1.807, 2.05) is 7.05 Å². The number of nitrogens with one attached hydrogen (secondary N) is 1. The Bertz CT molecular complexity index is 503. The van der Waals surface area contributed by atoms with E-state index in [4.69, 9.17) is 0 Å². The van der Waals surface area contributed by atoms with Crippen LogP contribution in [0.2, 0.25) is 0 Å². The third kappa shape index (κ3) is 3.04. The summed E-state index contributed by atoms with van der Waals surface area (Å²) in [6.07, 6.45) is 0. The molecule has 0 bridgehead atoms. The number of rotatable bonds is 4. The van der Waals surface area contributed by atoms with Crippen LogP contribution in [0.4, 0.5) is 11.4 Å². The van der Waals surface area contributed by atoms with Gasteiger partial charge in [-0.1, -0.05) is 35.9 Å². The van der Waals surface area contributed by atoms with Crippen LogP contribution >= 0.6 is 0 Å². The molecule has 0 heterocycles. The topological polar surface area (TPSA) is 15.3 Å². The smallest absolute Gasteiger partial charge is 0.0426 e. The molecule has 0 aliphatic carbocycles. The maximum Gasteiger partial charge on any atom is 0.0426 e. The number of anilines is 2. The van der Waals surface area contributed by atoms with Gasteiger partial charge in [0, 0.05) is 32.0 Å². The van der Waals surface area contributed by atoms with Crippen LogP contribution in [0.15, 0.2) is 48.5 Å². The summed E-state index contributed by atoms with van der Waals surface area (Å²) in [4.78, 5) is 2.26. The molecule has 0 radical (unpaired) electrons. The standard InChI is InChI=1S/C16H20N2/c1-13-7-9-14(10-8-13)12-18(3)16-6-4-5-15(11-16)17-2/h4-11,17H,12H2,1-3H3. The summed E-state index contributed by atoms with van der Waals surface area (Å²) in [7, 11) is 4.06. The molecule has 0 atom stereocenters. The third-order valence-electron chi connectivity index (χ3n) is 3.12. The maximum atomic E-state index is 3.17. The van der Waals surface area contributed by atoms with E-state index in [1.54, 1.807) is 0 Å². The van der Waals surface area contributed by atoms with Crippen molar-refractivity contribution < 1.29 is 0 Å². The van der Waals surface area contributed by atoms with Crippen LogP contribution < -0.4 is 10.2 Å². The van der Waals surface area contributed by atoms with E-state index in [0.717, 1.165) is 12.2 Å². The largest absolute Gasteiger partial charge is 0.388 e. The van der Waals surface area contributed by atoms with Crippen LogP contribution in [0.5, 0.6) is 0 Å². The highest BCUT2D eigenvalue weighted by atomic mass is 15.1. The first kappa shape index (κ1) is 12.5. The lowest BCUT2D eigenvalue weighted by Crippen LogP contribution is -2.16. The van der Waals surface area contributed by atoms with E-state index in [-0.39, 0.29) is 0 Å². The zero-order valence-electron chi connectivity index (χ0n) is 11.3. The summed E-state index contributed by atoms with van der Waals surface area (Å²) in [5.74, 6) is 0. The van der Waals surface area contributed by atoms with Crippen molar-refractivity contribution in [2.24, 2.45) is 0 Å². The zero-order valence-corrected chi connectivity index (χ0v) is 11.3. The molecule has 0 saturated carbocycles. The van der Waals surface area contributed by atoms with Crippen LogP contribution in [0.25, 0.3) is 0 Å².